The molecule has 0 saturated carbocycles. The average molecular weight is 217 g/mol. The fraction of sp³-hybridized carbons (Fsp3) is 0. The summed E-state index contributed by atoms with van der Waals surface area (Å²) in [5.74, 6) is -0.365. The van der Waals surface area contributed by atoms with Crippen LogP contribution < -0.4 is 16.1 Å². The zero-order chi connectivity index (χ0) is 10.8. The summed E-state index contributed by atoms with van der Waals surface area (Å²) in [5.41, 5.74) is 10.0. The Labute approximate surface area is 79.0 Å². The van der Waals surface area contributed by atoms with Crippen molar-refractivity contribution < 1.29 is 9.49 Å². The van der Waals surface area contributed by atoms with Gasteiger partial charge >= 0.3 is 13.4 Å². The molecule has 0 aliphatic heterocycles. The number of rotatable bonds is 3. The maximum absolute atomic E-state index is 10.9. The van der Waals surface area contributed by atoms with E-state index in [0.29, 0.717) is 0 Å². The molecule has 0 spiro atoms. The summed E-state index contributed by atoms with van der Waals surface area (Å²) in [7, 11) is -3.47. The lowest BCUT2D eigenvalue weighted by atomic mass is 10.4. The van der Waals surface area contributed by atoms with Gasteiger partial charge in [-0.05, 0) is 16.0 Å². The Morgan fingerprint density at radius 3 is 2.64 bits per heavy atom. The maximum Gasteiger partial charge on any atom is 0.365 e. The second kappa shape index (κ2) is 3.70. The normalized spacial score (nSPS) is 11.0. The smallest absolute Gasteiger partial charge is 0.358 e. The minimum Gasteiger partial charge on any atom is -0.358 e. The first-order valence-corrected chi connectivity index (χ1v) is 5.30. The van der Waals surface area contributed by atoms with Crippen molar-refractivity contribution >= 4 is 19.2 Å². The lowest BCUT2D eigenvalue weighted by Gasteiger charge is -2.05. The van der Waals surface area contributed by atoms with Crippen LogP contribution in [0.2, 0.25) is 0 Å². The van der Waals surface area contributed by atoms with E-state index in [2.05, 4.69) is 10.1 Å². The van der Waals surface area contributed by atoms with Crippen LogP contribution >= 0.6 is 7.59 Å². The summed E-state index contributed by atoms with van der Waals surface area (Å²) >= 11 is 0. The molecular weight excluding hydrogens is 209 g/mol. The molecule has 14 heavy (non-hydrogen) atoms. The van der Waals surface area contributed by atoms with E-state index in [-0.39, 0.29) is 11.6 Å². The number of nitrogens with one attached hydrogen (secondary N) is 1. The highest BCUT2D eigenvalue weighted by Crippen LogP contribution is 2.26. The van der Waals surface area contributed by atoms with Crippen LogP contribution in [0.3, 0.4) is 0 Å². The van der Waals surface area contributed by atoms with Crippen molar-refractivity contribution in [3.05, 3.63) is 28.3 Å². The predicted molar refractivity (Wildman–Crippen MR) is 50.5 cm³/mol. The number of pyridine rings is 1. The Morgan fingerprint density at radius 2 is 2.14 bits per heavy atom. The van der Waals surface area contributed by atoms with Crippen molar-refractivity contribution in [1.82, 2.24) is 4.98 Å². The minimum atomic E-state index is -3.47. The molecule has 0 unspecified atom stereocenters. The zero-order valence-electron chi connectivity index (χ0n) is 6.95. The third-order valence-electron chi connectivity index (χ3n) is 1.21. The largest absolute Gasteiger partial charge is 0.365 e. The molecule has 5 N–H and O–H groups in total. The van der Waals surface area contributed by atoms with Crippen LogP contribution in [-0.4, -0.2) is 9.91 Å². The van der Waals surface area contributed by atoms with Gasteiger partial charge in [-0.1, -0.05) is 0 Å². The van der Waals surface area contributed by atoms with Gasteiger partial charge in [-0.3, -0.25) is 20.7 Å². The van der Waals surface area contributed by atoms with Crippen LogP contribution in [0, 0.1) is 10.1 Å². The molecule has 1 rings (SSSR count). The molecule has 0 aliphatic rings. The van der Waals surface area contributed by atoms with Crippen molar-refractivity contribution in [3.63, 3.8) is 0 Å². The zero-order valence-corrected chi connectivity index (χ0v) is 7.85. The van der Waals surface area contributed by atoms with Gasteiger partial charge in [0.2, 0.25) is 5.82 Å². The second-order valence-electron chi connectivity index (χ2n) is 2.46. The first-order valence-electron chi connectivity index (χ1n) is 3.45. The molecule has 8 nitrogen and oxygen atoms in total. The number of nitro groups is 1. The van der Waals surface area contributed by atoms with Crippen molar-refractivity contribution in [3.8, 4) is 0 Å². The molecule has 0 fully saturated rings. The lowest BCUT2D eigenvalue weighted by molar-refractivity contribution is -0.389. The number of aromatic nitrogens is 1. The van der Waals surface area contributed by atoms with E-state index in [1.165, 1.54) is 18.2 Å². The van der Waals surface area contributed by atoms with Crippen LogP contribution in [0.15, 0.2) is 18.2 Å². The van der Waals surface area contributed by atoms with Crippen molar-refractivity contribution in [2.45, 2.75) is 0 Å². The highest BCUT2D eigenvalue weighted by atomic mass is 31.2. The highest BCUT2D eigenvalue weighted by molar-refractivity contribution is 7.60. The molecule has 1 aromatic rings. The van der Waals surface area contributed by atoms with Gasteiger partial charge in [-0.2, -0.15) is 0 Å². The van der Waals surface area contributed by atoms with Crippen molar-refractivity contribution in [1.29, 1.82) is 0 Å². The molecule has 0 bridgehead atoms. The van der Waals surface area contributed by atoms with Crippen LogP contribution in [-0.2, 0) is 4.57 Å². The van der Waals surface area contributed by atoms with Crippen LogP contribution in [0.25, 0.3) is 0 Å². The number of anilines is 1. The monoisotopic (exact) mass is 217 g/mol. The Bertz CT molecular complexity index is 402. The van der Waals surface area contributed by atoms with E-state index in [9.17, 15) is 14.7 Å². The average Bonchev–Trinajstić information content (AvgIpc) is 2.01. The number of hydrogen-bond acceptors (Lipinski definition) is 4. The van der Waals surface area contributed by atoms with E-state index < -0.39 is 12.5 Å². The van der Waals surface area contributed by atoms with E-state index >= 15 is 0 Å². The Morgan fingerprint density at radius 1 is 1.50 bits per heavy atom. The third-order valence-corrected chi connectivity index (χ3v) is 1.79. The molecular formula is C5H8N5O3P. The van der Waals surface area contributed by atoms with Gasteiger partial charge in [0, 0.05) is 12.1 Å². The van der Waals surface area contributed by atoms with Crippen molar-refractivity contribution in [2.75, 3.05) is 5.09 Å². The lowest BCUT2D eigenvalue weighted by Crippen LogP contribution is -2.14. The van der Waals surface area contributed by atoms with E-state index in [1.807, 2.05) is 0 Å². The second-order valence-corrected chi connectivity index (χ2v) is 4.10. The SMILES string of the molecule is NP(N)(=O)Nc1cccc([N+](=O)[O-])n1. The highest BCUT2D eigenvalue weighted by Gasteiger charge is 2.14. The number of nitrogens with zero attached hydrogens (tertiary/aromatic N) is 2. The molecule has 1 heterocycles. The van der Waals surface area contributed by atoms with Crippen molar-refractivity contribution in [2.24, 2.45) is 11.0 Å². The molecule has 0 radical (unpaired) electrons. The molecule has 0 atom stereocenters. The standard InChI is InChI=1S/C5H8N5O3P/c6-14(7,13)9-4-2-1-3-5(8-4)10(11)12/h1-3H,(H5,6,7,8,9,13). The fourth-order valence-electron chi connectivity index (χ4n) is 0.766. The molecule has 76 valence electrons. The Hall–Kier alpha value is -1.50. The van der Waals surface area contributed by atoms with Crippen LogP contribution in [0.4, 0.5) is 11.6 Å². The number of nitrogens with two attached hydrogens (primary N) is 2. The summed E-state index contributed by atoms with van der Waals surface area (Å²) in [4.78, 5) is 13.1. The topological polar surface area (TPSA) is 137 Å². The van der Waals surface area contributed by atoms with E-state index in [4.69, 9.17) is 11.0 Å². The summed E-state index contributed by atoms with van der Waals surface area (Å²) in [6.45, 7) is 0. The summed E-state index contributed by atoms with van der Waals surface area (Å²) in [5, 5.41) is 12.5. The first-order chi connectivity index (χ1) is 6.38. The van der Waals surface area contributed by atoms with Gasteiger partial charge in [0.15, 0.2) is 0 Å². The minimum absolute atomic E-state index is 0.00698. The number of hydrogen-bond donors (Lipinski definition) is 3. The van der Waals surface area contributed by atoms with Crippen LogP contribution in [0.5, 0.6) is 0 Å². The first kappa shape index (κ1) is 10.6. The summed E-state index contributed by atoms with van der Waals surface area (Å²) < 4.78 is 10.9. The quantitative estimate of drug-likeness (QED) is 0.379. The Balaban J connectivity index is 2.95. The fourth-order valence-corrected chi connectivity index (χ4v) is 1.25. The molecule has 1 aromatic heterocycles. The van der Waals surface area contributed by atoms with Gasteiger partial charge in [0.1, 0.15) is 0 Å². The molecule has 0 aliphatic carbocycles. The third kappa shape index (κ3) is 3.09. The van der Waals surface area contributed by atoms with E-state index in [0.717, 1.165) is 0 Å². The molecule has 9 heteroatoms. The van der Waals surface area contributed by atoms with Gasteiger partial charge < -0.3 is 10.1 Å². The molecule has 0 aromatic carbocycles. The summed E-state index contributed by atoms with van der Waals surface area (Å²) in [6, 6.07) is 3.95. The van der Waals surface area contributed by atoms with Crippen LogP contribution in [0.1, 0.15) is 0 Å². The van der Waals surface area contributed by atoms with Gasteiger partial charge in [0.25, 0.3) is 0 Å². The van der Waals surface area contributed by atoms with Gasteiger partial charge in [0.05, 0.1) is 0 Å². The summed E-state index contributed by atoms with van der Waals surface area (Å²) in [6.07, 6.45) is 0. The predicted octanol–water partition coefficient (Wildman–Crippen LogP) is 0.427. The molecule has 0 amide bonds. The van der Waals surface area contributed by atoms with Gasteiger partial charge in [-0.25, -0.2) is 0 Å². The maximum atomic E-state index is 10.9. The van der Waals surface area contributed by atoms with E-state index in [1.54, 1.807) is 0 Å². The Kier molecular flexibility index (Phi) is 2.80. The molecule has 0 saturated heterocycles. The van der Waals surface area contributed by atoms with Gasteiger partial charge in [-0.15, -0.1) is 0 Å².